The van der Waals surface area contributed by atoms with Crippen molar-refractivity contribution in [1.29, 1.82) is 0 Å². The SMILES string of the molecule is C[C@H]1COCCN1c1cc(C2(S(=O)(=O)C3CC3)CCN(C(=O)OC(C)(C)C)CC2)nc(-c2ccc(N)cc2)n1. The van der Waals surface area contributed by atoms with Crippen molar-refractivity contribution in [2.75, 3.05) is 43.5 Å². The van der Waals surface area contributed by atoms with E-state index in [1.807, 2.05) is 39.0 Å². The molecule has 1 saturated carbocycles. The quantitative estimate of drug-likeness (QED) is 0.547. The van der Waals surface area contributed by atoms with Crippen LogP contribution in [0.25, 0.3) is 11.4 Å². The zero-order valence-electron chi connectivity index (χ0n) is 23.2. The van der Waals surface area contributed by atoms with Crippen LogP contribution in [0.1, 0.15) is 59.1 Å². The third-order valence-corrected chi connectivity index (χ3v) is 10.8. The van der Waals surface area contributed by atoms with Gasteiger partial charge in [0.2, 0.25) is 0 Å². The van der Waals surface area contributed by atoms with Crippen LogP contribution < -0.4 is 10.6 Å². The highest BCUT2D eigenvalue weighted by molar-refractivity contribution is 7.93. The molecular weight excluding hydrogens is 518 g/mol. The summed E-state index contributed by atoms with van der Waals surface area (Å²) < 4.78 is 38.4. The van der Waals surface area contributed by atoms with Gasteiger partial charge in [0, 0.05) is 37.0 Å². The molecule has 3 fully saturated rings. The smallest absolute Gasteiger partial charge is 0.410 e. The molecule has 1 aliphatic carbocycles. The second kappa shape index (κ2) is 10.2. The molecule has 10 nitrogen and oxygen atoms in total. The predicted octanol–water partition coefficient (Wildman–Crippen LogP) is 3.75. The molecule has 2 saturated heterocycles. The molecule has 3 aliphatic rings. The van der Waals surface area contributed by atoms with Crippen LogP contribution in [0.2, 0.25) is 0 Å². The molecule has 1 amide bonds. The van der Waals surface area contributed by atoms with Gasteiger partial charge in [0.05, 0.1) is 30.2 Å². The lowest BCUT2D eigenvalue weighted by atomic mass is 9.91. The topological polar surface area (TPSA) is 128 Å². The number of morpholine rings is 1. The van der Waals surface area contributed by atoms with Gasteiger partial charge in [0.25, 0.3) is 0 Å². The summed E-state index contributed by atoms with van der Waals surface area (Å²) >= 11 is 0. The molecule has 0 bridgehead atoms. The molecule has 212 valence electrons. The van der Waals surface area contributed by atoms with Gasteiger partial charge in [-0.3, -0.25) is 0 Å². The van der Waals surface area contributed by atoms with Gasteiger partial charge in [-0.1, -0.05) is 0 Å². The molecule has 1 aromatic heterocycles. The summed E-state index contributed by atoms with van der Waals surface area (Å²) in [6.07, 6.45) is 1.39. The maximum absolute atomic E-state index is 14.2. The number of hydrogen-bond acceptors (Lipinski definition) is 9. The first-order valence-electron chi connectivity index (χ1n) is 13.7. The lowest BCUT2D eigenvalue weighted by Crippen LogP contribution is -2.51. The second-order valence-corrected chi connectivity index (χ2v) is 14.4. The number of nitrogens with two attached hydrogens (primary N) is 1. The van der Waals surface area contributed by atoms with Crippen LogP contribution in [0, 0.1) is 0 Å². The molecule has 2 N–H and O–H groups in total. The largest absolute Gasteiger partial charge is 0.444 e. The van der Waals surface area contributed by atoms with Crippen molar-refractivity contribution in [2.45, 2.75) is 75.0 Å². The number of ether oxygens (including phenoxy) is 2. The van der Waals surface area contributed by atoms with Crippen molar-refractivity contribution >= 4 is 27.4 Å². The zero-order valence-corrected chi connectivity index (χ0v) is 24.0. The number of carbonyl (C=O) groups is 1. The Hall–Kier alpha value is -2.92. The van der Waals surface area contributed by atoms with E-state index in [0.717, 1.165) is 5.56 Å². The first kappa shape index (κ1) is 27.6. The number of hydrogen-bond donors (Lipinski definition) is 1. The minimum absolute atomic E-state index is 0.0748. The van der Waals surface area contributed by atoms with Crippen molar-refractivity contribution in [3.8, 4) is 11.4 Å². The number of anilines is 2. The molecule has 1 atom stereocenters. The fourth-order valence-corrected chi connectivity index (χ4v) is 7.95. The Morgan fingerprint density at radius 1 is 1.10 bits per heavy atom. The van der Waals surface area contributed by atoms with E-state index in [-0.39, 0.29) is 37.2 Å². The Morgan fingerprint density at radius 3 is 2.36 bits per heavy atom. The maximum Gasteiger partial charge on any atom is 0.410 e. The Morgan fingerprint density at radius 2 is 1.77 bits per heavy atom. The number of carbonyl (C=O) groups excluding carboxylic acids is 1. The van der Waals surface area contributed by atoms with Crippen LogP contribution in [0.4, 0.5) is 16.3 Å². The van der Waals surface area contributed by atoms with Crippen molar-refractivity contribution < 1.29 is 22.7 Å². The third kappa shape index (κ3) is 5.56. The van der Waals surface area contributed by atoms with Gasteiger partial charge < -0.3 is 25.0 Å². The van der Waals surface area contributed by atoms with Gasteiger partial charge in [0.15, 0.2) is 15.7 Å². The molecule has 0 radical (unpaired) electrons. The standard InChI is InChI=1S/C28H39N5O5S/c1-19-18-37-16-15-33(19)24-17-23(30-25(31-24)20-5-7-21(29)8-6-20)28(39(35,36)22-9-10-22)11-13-32(14-12-28)26(34)38-27(2,3)4/h5-8,17,19,22H,9-16,18,29H2,1-4H3/t19-/m0/s1. The summed E-state index contributed by atoms with van der Waals surface area (Å²) in [5, 5.41) is -0.383. The molecule has 0 spiro atoms. The average Bonchev–Trinajstić information content (AvgIpc) is 3.74. The number of rotatable bonds is 5. The first-order chi connectivity index (χ1) is 18.4. The van der Waals surface area contributed by atoms with E-state index in [1.165, 1.54) is 0 Å². The zero-order chi connectivity index (χ0) is 28.0. The Labute approximate surface area is 230 Å². The molecule has 2 aliphatic heterocycles. The number of piperidine rings is 1. The van der Waals surface area contributed by atoms with E-state index < -0.39 is 26.3 Å². The summed E-state index contributed by atoms with van der Waals surface area (Å²) in [5.74, 6) is 1.14. The predicted molar refractivity (Wildman–Crippen MR) is 150 cm³/mol. The fraction of sp³-hybridized carbons (Fsp3) is 0.607. The van der Waals surface area contributed by atoms with E-state index in [1.54, 1.807) is 17.0 Å². The third-order valence-electron chi connectivity index (χ3n) is 7.74. The van der Waals surface area contributed by atoms with E-state index in [2.05, 4.69) is 11.8 Å². The Bertz CT molecular complexity index is 1310. The number of likely N-dealkylation sites (tertiary alicyclic amines) is 1. The van der Waals surface area contributed by atoms with E-state index in [4.69, 9.17) is 25.2 Å². The van der Waals surface area contributed by atoms with Gasteiger partial charge in [-0.25, -0.2) is 23.2 Å². The molecule has 39 heavy (non-hydrogen) atoms. The van der Waals surface area contributed by atoms with Crippen LogP contribution in [0.5, 0.6) is 0 Å². The highest BCUT2D eigenvalue weighted by Gasteiger charge is 2.55. The number of nitrogens with zero attached hydrogens (tertiary/aromatic N) is 4. The van der Waals surface area contributed by atoms with Crippen LogP contribution in [0.15, 0.2) is 30.3 Å². The van der Waals surface area contributed by atoms with Crippen molar-refractivity contribution in [3.05, 3.63) is 36.0 Å². The summed E-state index contributed by atoms with van der Waals surface area (Å²) in [6, 6.07) is 9.22. The monoisotopic (exact) mass is 557 g/mol. The molecule has 5 rings (SSSR count). The second-order valence-electron chi connectivity index (χ2n) is 11.9. The number of benzene rings is 1. The number of aromatic nitrogens is 2. The van der Waals surface area contributed by atoms with Crippen LogP contribution in [-0.4, -0.2) is 79.1 Å². The van der Waals surface area contributed by atoms with E-state index in [9.17, 15) is 13.2 Å². The normalized spacial score (nSPS) is 22.0. The first-order valence-corrected chi connectivity index (χ1v) is 15.3. The van der Waals surface area contributed by atoms with Crippen molar-refractivity contribution in [1.82, 2.24) is 14.9 Å². The lowest BCUT2D eigenvalue weighted by Gasteiger charge is -2.42. The van der Waals surface area contributed by atoms with Crippen molar-refractivity contribution in [2.24, 2.45) is 0 Å². The fourth-order valence-electron chi connectivity index (χ4n) is 5.40. The minimum atomic E-state index is -3.59. The van der Waals surface area contributed by atoms with Gasteiger partial charge in [0.1, 0.15) is 16.2 Å². The average molecular weight is 558 g/mol. The summed E-state index contributed by atoms with van der Waals surface area (Å²) in [4.78, 5) is 26.4. The van der Waals surface area contributed by atoms with Crippen LogP contribution in [0.3, 0.4) is 0 Å². The van der Waals surface area contributed by atoms with Crippen molar-refractivity contribution in [3.63, 3.8) is 0 Å². The van der Waals surface area contributed by atoms with Gasteiger partial charge in [-0.15, -0.1) is 0 Å². The number of sulfone groups is 1. The molecule has 3 heterocycles. The summed E-state index contributed by atoms with van der Waals surface area (Å²) in [6.45, 7) is 9.85. The number of nitrogen functional groups attached to an aromatic ring is 1. The van der Waals surface area contributed by atoms with Crippen LogP contribution in [-0.2, 0) is 24.1 Å². The van der Waals surface area contributed by atoms with E-state index in [0.29, 0.717) is 55.6 Å². The molecule has 1 aromatic carbocycles. The van der Waals surface area contributed by atoms with E-state index >= 15 is 0 Å². The van der Waals surface area contributed by atoms with Gasteiger partial charge >= 0.3 is 6.09 Å². The molecule has 2 aromatic rings. The summed E-state index contributed by atoms with van der Waals surface area (Å²) in [7, 11) is -3.59. The maximum atomic E-state index is 14.2. The minimum Gasteiger partial charge on any atom is -0.444 e. The highest BCUT2D eigenvalue weighted by Crippen LogP contribution is 2.48. The van der Waals surface area contributed by atoms with Gasteiger partial charge in [-0.05, 0) is 77.6 Å². The molecule has 11 heteroatoms. The van der Waals surface area contributed by atoms with Crippen LogP contribution >= 0.6 is 0 Å². The highest BCUT2D eigenvalue weighted by atomic mass is 32.2. The Balaban J connectivity index is 1.59. The number of amides is 1. The summed E-state index contributed by atoms with van der Waals surface area (Å²) in [5.41, 5.74) is 7.18. The Kier molecular flexibility index (Phi) is 7.26. The molecule has 0 unspecified atom stereocenters. The molecular formula is C28H39N5O5S. The van der Waals surface area contributed by atoms with Gasteiger partial charge in [-0.2, -0.15) is 0 Å². The lowest BCUT2D eigenvalue weighted by molar-refractivity contribution is 0.0191.